The molecular weight excluding hydrogens is 508 g/mol. The van der Waals surface area contributed by atoms with Gasteiger partial charge in [-0.05, 0) is 73.6 Å². The highest BCUT2D eigenvalue weighted by molar-refractivity contribution is 6.31. The highest BCUT2D eigenvalue weighted by atomic mass is 35.5. The maximum atomic E-state index is 13.9. The molecule has 0 bridgehead atoms. The number of benzene rings is 3. The fourth-order valence-corrected chi connectivity index (χ4v) is 5.48. The van der Waals surface area contributed by atoms with Crippen molar-refractivity contribution in [3.8, 4) is 5.75 Å². The Morgan fingerprint density at radius 2 is 1.67 bits per heavy atom. The molecule has 206 valence electrons. The normalized spacial score (nSPS) is 14.5. The Labute approximate surface area is 237 Å². The van der Waals surface area contributed by atoms with Crippen molar-refractivity contribution in [3.05, 3.63) is 99.6 Å². The highest BCUT2D eigenvalue weighted by Gasteiger charge is 2.32. The minimum atomic E-state index is -0.706. The molecule has 39 heavy (non-hydrogen) atoms. The maximum absolute atomic E-state index is 13.9. The van der Waals surface area contributed by atoms with E-state index in [-0.39, 0.29) is 31.0 Å². The van der Waals surface area contributed by atoms with E-state index in [1.54, 1.807) is 4.90 Å². The van der Waals surface area contributed by atoms with Crippen LogP contribution in [0, 0.1) is 20.8 Å². The Hall–Kier alpha value is -3.31. The topological polar surface area (TPSA) is 58.6 Å². The number of nitrogens with zero attached hydrogens (tertiary/aromatic N) is 1. The summed E-state index contributed by atoms with van der Waals surface area (Å²) in [6.45, 7) is 6.08. The molecule has 0 heterocycles. The van der Waals surface area contributed by atoms with E-state index in [4.69, 9.17) is 16.3 Å². The van der Waals surface area contributed by atoms with Gasteiger partial charge in [-0.15, -0.1) is 0 Å². The zero-order valence-electron chi connectivity index (χ0n) is 23.2. The molecule has 0 unspecified atom stereocenters. The number of aryl methyl sites for hydroxylation is 2. The lowest BCUT2D eigenvalue weighted by Crippen LogP contribution is -2.53. The third-order valence-electron chi connectivity index (χ3n) is 7.64. The molecule has 0 aliphatic heterocycles. The van der Waals surface area contributed by atoms with Crippen molar-refractivity contribution in [2.45, 2.75) is 77.9 Å². The molecule has 1 fully saturated rings. The van der Waals surface area contributed by atoms with E-state index < -0.39 is 6.04 Å². The van der Waals surface area contributed by atoms with Crippen LogP contribution in [0.2, 0.25) is 5.02 Å². The number of nitrogens with one attached hydrogen (secondary N) is 1. The molecule has 4 rings (SSSR count). The molecule has 1 atom stereocenters. The molecule has 1 N–H and O–H groups in total. The summed E-state index contributed by atoms with van der Waals surface area (Å²) in [6, 6.07) is 20.8. The summed E-state index contributed by atoms with van der Waals surface area (Å²) in [7, 11) is 0. The first-order valence-corrected chi connectivity index (χ1v) is 14.3. The number of carbonyl (C=O) groups is 2. The quantitative estimate of drug-likeness (QED) is 0.306. The van der Waals surface area contributed by atoms with Gasteiger partial charge in [0.2, 0.25) is 5.91 Å². The number of halogens is 1. The van der Waals surface area contributed by atoms with Gasteiger partial charge < -0.3 is 15.0 Å². The lowest BCUT2D eigenvalue weighted by atomic mass is 9.94. The van der Waals surface area contributed by atoms with Gasteiger partial charge in [-0.1, -0.05) is 85.5 Å². The van der Waals surface area contributed by atoms with Crippen LogP contribution in [0.25, 0.3) is 0 Å². The number of ether oxygens (including phenoxy) is 1. The Bertz CT molecular complexity index is 1270. The largest absolute Gasteiger partial charge is 0.483 e. The van der Waals surface area contributed by atoms with Crippen LogP contribution in [-0.4, -0.2) is 35.4 Å². The van der Waals surface area contributed by atoms with Crippen LogP contribution in [-0.2, 0) is 22.6 Å². The SMILES string of the molecule is Cc1cc(C)c(C)c(OCC(=O)N(Cc2ccccc2Cl)[C@@H](Cc2ccccc2)C(=O)NC2CCCCC2)c1. The van der Waals surface area contributed by atoms with Crippen LogP contribution in [0.5, 0.6) is 5.75 Å². The van der Waals surface area contributed by atoms with Crippen LogP contribution >= 0.6 is 11.6 Å². The van der Waals surface area contributed by atoms with E-state index in [0.29, 0.717) is 17.2 Å². The average Bonchev–Trinajstić information content (AvgIpc) is 2.93. The van der Waals surface area contributed by atoms with Gasteiger partial charge >= 0.3 is 0 Å². The molecule has 0 spiro atoms. The van der Waals surface area contributed by atoms with Crippen LogP contribution in [0.3, 0.4) is 0 Å². The van der Waals surface area contributed by atoms with Crippen molar-refractivity contribution >= 4 is 23.4 Å². The minimum absolute atomic E-state index is 0.131. The van der Waals surface area contributed by atoms with Crippen LogP contribution in [0.1, 0.15) is 59.9 Å². The molecular formula is C33H39ClN2O3. The number of rotatable bonds is 10. The molecule has 2 amide bonds. The number of hydrogen-bond donors (Lipinski definition) is 1. The summed E-state index contributed by atoms with van der Waals surface area (Å²) >= 11 is 6.53. The van der Waals surface area contributed by atoms with Gasteiger partial charge in [-0.25, -0.2) is 0 Å². The summed E-state index contributed by atoms with van der Waals surface area (Å²) in [5.41, 5.74) is 4.96. The third kappa shape index (κ3) is 7.86. The summed E-state index contributed by atoms with van der Waals surface area (Å²) < 4.78 is 6.08. The fourth-order valence-electron chi connectivity index (χ4n) is 5.28. The average molecular weight is 547 g/mol. The van der Waals surface area contributed by atoms with Gasteiger partial charge in [0.15, 0.2) is 6.61 Å². The van der Waals surface area contributed by atoms with E-state index in [0.717, 1.165) is 53.5 Å². The van der Waals surface area contributed by atoms with Gasteiger partial charge in [0.1, 0.15) is 11.8 Å². The second kappa shape index (κ2) is 13.7. The van der Waals surface area contributed by atoms with Gasteiger partial charge in [-0.3, -0.25) is 9.59 Å². The highest BCUT2D eigenvalue weighted by Crippen LogP contribution is 2.25. The van der Waals surface area contributed by atoms with Gasteiger partial charge in [0, 0.05) is 24.0 Å². The van der Waals surface area contributed by atoms with E-state index in [9.17, 15) is 9.59 Å². The molecule has 6 heteroatoms. The Balaban J connectivity index is 1.64. The van der Waals surface area contributed by atoms with Crippen molar-refractivity contribution in [2.75, 3.05) is 6.61 Å². The van der Waals surface area contributed by atoms with Crippen molar-refractivity contribution < 1.29 is 14.3 Å². The van der Waals surface area contributed by atoms with Crippen molar-refractivity contribution in [1.29, 1.82) is 0 Å². The zero-order chi connectivity index (χ0) is 27.8. The predicted octanol–water partition coefficient (Wildman–Crippen LogP) is 6.73. The van der Waals surface area contributed by atoms with E-state index in [1.807, 2.05) is 81.4 Å². The fraction of sp³-hybridized carbons (Fsp3) is 0.394. The first-order valence-electron chi connectivity index (χ1n) is 13.9. The molecule has 0 aromatic heterocycles. The molecule has 3 aromatic rings. The zero-order valence-corrected chi connectivity index (χ0v) is 24.0. The van der Waals surface area contributed by atoms with Gasteiger partial charge in [0.05, 0.1) is 0 Å². The summed E-state index contributed by atoms with van der Waals surface area (Å²) in [6.07, 6.45) is 5.76. The monoisotopic (exact) mass is 546 g/mol. The second-order valence-corrected chi connectivity index (χ2v) is 11.1. The first-order chi connectivity index (χ1) is 18.8. The molecule has 0 saturated heterocycles. The van der Waals surface area contributed by atoms with E-state index in [1.165, 1.54) is 6.42 Å². The van der Waals surface area contributed by atoms with Crippen LogP contribution < -0.4 is 10.1 Å². The summed E-state index contributed by atoms with van der Waals surface area (Å²) in [5, 5.41) is 3.83. The number of hydrogen-bond acceptors (Lipinski definition) is 3. The second-order valence-electron chi connectivity index (χ2n) is 10.7. The minimum Gasteiger partial charge on any atom is -0.483 e. The molecule has 3 aromatic carbocycles. The standard InChI is InChI=1S/C33H39ClN2O3/c1-23-18-24(2)25(3)31(19-23)39-22-32(37)36(21-27-14-10-11-17-29(27)34)30(20-26-12-6-4-7-13-26)33(38)35-28-15-8-5-9-16-28/h4,6-7,10-14,17-19,28,30H,5,8-9,15-16,20-22H2,1-3H3,(H,35,38)/t30-/m0/s1. The summed E-state index contributed by atoms with van der Waals surface area (Å²) in [4.78, 5) is 29.4. The molecule has 1 saturated carbocycles. The van der Waals surface area contributed by atoms with Crippen LogP contribution in [0.4, 0.5) is 0 Å². The van der Waals surface area contributed by atoms with Crippen LogP contribution in [0.15, 0.2) is 66.7 Å². The number of carbonyl (C=O) groups excluding carboxylic acids is 2. The Morgan fingerprint density at radius 1 is 0.974 bits per heavy atom. The van der Waals surface area contributed by atoms with Crippen molar-refractivity contribution in [3.63, 3.8) is 0 Å². The first kappa shape index (κ1) is 28.7. The molecule has 1 aliphatic carbocycles. The summed E-state index contributed by atoms with van der Waals surface area (Å²) in [5.74, 6) is 0.298. The third-order valence-corrected chi connectivity index (χ3v) is 8.01. The molecule has 0 radical (unpaired) electrons. The number of amides is 2. The lowest BCUT2D eigenvalue weighted by Gasteiger charge is -2.33. The maximum Gasteiger partial charge on any atom is 0.261 e. The molecule has 5 nitrogen and oxygen atoms in total. The smallest absolute Gasteiger partial charge is 0.261 e. The predicted molar refractivity (Wildman–Crippen MR) is 157 cm³/mol. The Morgan fingerprint density at radius 3 is 2.38 bits per heavy atom. The van der Waals surface area contributed by atoms with Gasteiger partial charge in [-0.2, -0.15) is 0 Å². The van der Waals surface area contributed by atoms with Gasteiger partial charge in [0.25, 0.3) is 5.91 Å². The van der Waals surface area contributed by atoms with E-state index >= 15 is 0 Å². The molecule has 1 aliphatic rings. The van der Waals surface area contributed by atoms with Crippen molar-refractivity contribution in [2.24, 2.45) is 0 Å². The Kier molecular flexibility index (Phi) is 10.0. The lowest BCUT2D eigenvalue weighted by molar-refractivity contribution is -0.143. The van der Waals surface area contributed by atoms with E-state index in [2.05, 4.69) is 11.4 Å². The van der Waals surface area contributed by atoms with Crippen molar-refractivity contribution in [1.82, 2.24) is 10.2 Å².